The molecule has 1 aliphatic rings. The van der Waals surface area contributed by atoms with Crippen LogP contribution in [0.3, 0.4) is 0 Å². The third-order valence-electron chi connectivity index (χ3n) is 5.70. The normalized spacial score (nSPS) is 19.4. The zero-order valence-electron chi connectivity index (χ0n) is 16.2. The molecule has 4 rings (SSSR count). The molecule has 3 aromatic carbocycles. The van der Waals surface area contributed by atoms with Gasteiger partial charge in [-0.25, -0.2) is 4.79 Å². The highest BCUT2D eigenvalue weighted by atomic mass is 16.5. The fourth-order valence-corrected chi connectivity index (χ4v) is 4.04. The van der Waals surface area contributed by atoms with Crippen molar-refractivity contribution in [1.82, 2.24) is 4.90 Å². The van der Waals surface area contributed by atoms with E-state index in [1.54, 1.807) is 0 Å². The molecule has 29 heavy (non-hydrogen) atoms. The number of ether oxygens (including phenoxy) is 1. The molecule has 1 amide bonds. The number of carboxylic acid groups (broad SMARTS) is 1. The van der Waals surface area contributed by atoms with Crippen molar-refractivity contribution in [3.63, 3.8) is 0 Å². The average Bonchev–Trinajstić information content (AvgIpc) is 2.77. The number of rotatable bonds is 5. The minimum atomic E-state index is -0.904. The first kappa shape index (κ1) is 19.4. The second-order valence-electron chi connectivity index (χ2n) is 7.55. The van der Waals surface area contributed by atoms with E-state index in [1.165, 1.54) is 15.7 Å². The minimum absolute atomic E-state index is 0.0135. The Labute approximate surface area is 170 Å². The zero-order valence-corrected chi connectivity index (χ0v) is 16.2. The molecule has 2 atom stereocenters. The second-order valence-corrected chi connectivity index (χ2v) is 7.55. The van der Waals surface area contributed by atoms with E-state index in [9.17, 15) is 15.0 Å². The van der Waals surface area contributed by atoms with Gasteiger partial charge in [0.05, 0.1) is 25.9 Å². The highest BCUT2D eigenvalue weighted by Gasteiger charge is 2.33. The van der Waals surface area contributed by atoms with Gasteiger partial charge in [0, 0.05) is 12.5 Å². The number of hydrogen-bond acceptors (Lipinski definition) is 3. The van der Waals surface area contributed by atoms with Gasteiger partial charge in [0.25, 0.3) is 0 Å². The summed E-state index contributed by atoms with van der Waals surface area (Å²) in [4.78, 5) is 12.9. The summed E-state index contributed by atoms with van der Waals surface area (Å²) >= 11 is 0. The Kier molecular flexibility index (Phi) is 5.79. The van der Waals surface area contributed by atoms with E-state index < -0.39 is 6.09 Å². The number of likely N-dealkylation sites (tertiary alicyclic amines) is 1. The Morgan fingerprint density at radius 3 is 2.45 bits per heavy atom. The molecule has 1 aliphatic heterocycles. The number of amides is 1. The van der Waals surface area contributed by atoms with Gasteiger partial charge in [-0.3, -0.25) is 0 Å². The lowest BCUT2D eigenvalue weighted by molar-refractivity contribution is -0.0199. The first-order chi connectivity index (χ1) is 14.1. The summed E-state index contributed by atoms with van der Waals surface area (Å²) in [6.45, 7) is 1.31. The van der Waals surface area contributed by atoms with Crippen LogP contribution in [0.15, 0.2) is 66.7 Å². The van der Waals surface area contributed by atoms with Crippen LogP contribution in [0.5, 0.6) is 0 Å². The van der Waals surface area contributed by atoms with Crippen LogP contribution in [-0.2, 0) is 18.0 Å². The SMILES string of the molecule is O=C(O)N1CCC(c2ccc(CO)cc2)C(OCc2ccc3ccccc3c2)C1. The van der Waals surface area contributed by atoms with Crippen LogP contribution in [0.4, 0.5) is 4.79 Å². The van der Waals surface area contributed by atoms with Crippen molar-refractivity contribution in [2.75, 3.05) is 13.1 Å². The largest absolute Gasteiger partial charge is 0.465 e. The van der Waals surface area contributed by atoms with Crippen LogP contribution in [-0.4, -0.2) is 40.4 Å². The molecule has 1 saturated heterocycles. The predicted molar refractivity (Wildman–Crippen MR) is 112 cm³/mol. The summed E-state index contributed by atoms with van der Waals surface area (Å²) in [6.07, 6.45) is -0.405. The Hall–Kier alpha value is -2.89. The van der Waals surface area contributed by atoms with Crippen molar-refractivity contribution < 1.29 is 19.7 Å². The molecule has 5 heteroatoms. The summed E-state index contributed by atoms with van der Waals surface area (Å²) < 4.78 is 6.27. The molecule has 150 valence electrons. The topological polar surface area (TPSA) is 70.0 Å². The molecule has 0 spiro atoms. The molecule has 0 bridgehead atoms. The number of hydrogen-bond donors (Lipinski definition) is 2. The lowest BCUT2D eigenvalue weighted by Crippen LogP contribution is -2.46. The van der Waals surface area contributed by atoms with E-state index in [4.69, 9.17) is 4.74 Å². The fraction of sp³-hybridized carbons (Fsp3) is 0.292. The van der Waals surface area contributed by atoms with Gasteiger partial charge in [-0.1, -0.05) is 60.7 Å². The van der Waals surface area contributed by atoms with Crippen molar-refractivity contribution in [2.45, 2.75) is 31.7 Å². The van der Waals surface area contributed by atoms with Crippen LogP contribution in [0, 0.1) is 0 Å². The van der Waals surface area contributed by atoms with E-state index in [2.05, 4.69) is 30.3 Å². The summed E-state index contributed by atoms with van der Waals surface area (Å²) in [5.74, 6) is 0.124. The Morgan fingerprint density at radius 1 is 1.00 bits per heavy atom. The predicted octanol–water partition coefficient (Wildman–Crippen LogP) is 4.38. The standard InChI is InChI=1S/C24H25NO4/c26-15-17-5-9-20(10-6-17)22-11-12-25(24(27)28)14-23(22)29-16-18-7-8-19-3-1-2-4-21(19)13-18/h1-10,13,22-23,26H,11-12,14-16H2,(H,27,28). The van der Waals surface area contributed by atoms with Crippen molar-refractivity contribution in [3.8, 4) is 0 Å². The number of piperidine rings is 1. The molecule has 3 aromatic rings. The summed E-state index contributed by atoms with van der Waals surface area (Å²) in [7, 11) is 0. The van der Waals surface area contributed by atoms with Crippen LogP contribution in [0.25, 0.3) is 10.8 Å². The highest BCUT2D eigenvalue weighted by Crippen LogP contribution is 2.31. The Morgan fingerprint density at radius 2 is 1.72 bits per heavy atom. The minimum Gasteiger partial charge on any atom is -0.465 e. The van der Waals surface area contributed by atoms with Gasteiger partial charge in [-0.05, 0) is 39.9 Å². The number of benzene rings is 3. The van der Waals surface area contributed by atoms with Crippen LogP contribution in [0.1, 0.15) is 29.0 Å². The van der Waals surface area contributed by atoms with E-state index >= 15 is 0 Å². The number of fused-ring (bicyclic) bond motifs is 1. The first-order valence-corrected chi connectivity index (χ1v) is 9.91. The molecule has 0 saturated carbocycles. The number of aliphatic hydroxyl groups is 1. The molecule has 0 aliphatic carbocycles. The molecule has 1 fully saturated rings. The van der Waals surface area contributed by atoms with Crippen molar-refractivity contribution in [2.24, 2.45) is 0 Å². The lowest BCUT2D eigenvalue weighted by Gasteiger charge is -2.37. The Balaban J connectivity index is 1.52. The lowest BCUT2D eigenvalue weighted by atomic mass is 9.86. The van der Waals surface area contributed by atoms with Crippen LogP contribution >= 0.6 is 0 Å². The van der Waals surface area contributed by atoms with Crippen molar-refractivity contribution in [3.05, 3.63) is 83.4 Å². The summed E-state index contributed by atoms with van der Waals surface area (Å²) in [5, 5.41) is 21.1. The Bertz CT molecular complexity index is 986. The monoisotopic (exact) mass is 391 g/mol. The van der Waals surface area contributed by atoms with Gasteiger partial charge >= 0.3 is 6.09 Å². The number of carbonyl (C=O) groups is 1. The van der Waals surface area contributed by atoms with E-state index in [0.717, 1.165) is 16.7 Å². The van der Waals surface area contributed by atoms with Gasteiger partial charge in [0.2, 0.25) is 0 Å². The quantitative estimate of drug-likeness (QED) is 0.677. The zero-order chi connectivity index (χ0) is 20.2. The summed E-state index contributed by atoms with van der Waals surface area (Å²) in [5.41, 5.74) is 3.06. The van der Waals surface area contributed by atoms with Gasteiger partial charge in [-0.15, -0.1) is 0 Å². The first-order valence-electron chi connectivity index (χ1n) is 9.91. The average molecular weight is 391 g/mol. The van der Waals surface area contributed by atoms with E-state index in [1.807, 2.05) is 36.4 Å². The molecule has 0 radical (unpaired) electrons. The molecular formula is C24H25NO4. The maximum Gasteiger partial charge on any atom is 0.407 e. The highest BCUT2D eigenvalue weighted by molar-refractivity contribution is 5.82. The molecule has 0 aromatic heterocycles. The maximum atomic E-state index is 11.5. The van der Waals surface area contributed by atoms with Crippen LogP contribution in [0.2, 0.25) is 0 Å². The van der Waals surface area contributed by atoms with Gasteiger partial charge in [0.15, 0.2) is 0 Å². The molecule has 2 N–H and O–H groups in total. The van der Waals surface area contributed by atoms with Crippen molar-refractivity contribution in [1.29, 1.82) is 0 Å². The third-order valence-corrected chi connectivity index (χ3v) is 5.70. The smallest absolute Gasteiger partial charge is 0.407 e. The molecule has 5 nitrogen and oxygen atoms in total. The molecular weight excluding hydrogens is 366 g/mol. The molecule has 1 heterocycles. The van der Waals surface area contributed by atoms with Gasteiger partial charge in [0.1, 0.15) is 0 Å². The van der Waals surface area contributed by atoms with E-state index in [0.29, 0.717) is 26.1 Å². The van der Waals surface area contributed by atoms with Crippen LogP contribution < -0.4 is 0 Å². The maximum absolute atomic E-state index is 11.5. The summed E-state index contributed by atoms with van der Waals surface area (Å²) in [6, 6.07) is 22.3. The number of aliphatic hydroxyl groups excluding tert-OH is 1. The van der Waals surface area contributed by atoms with Gasteiger partial charge < -0.3 is 19.8 Å². The van der Waals surface area contributed by atoms with E-state index in [-0.39, 0.29) is 18.6 Å². The fourth-order valence-electron chi connectivity index (χ4n) is 4.04. The second kappa shape index (κ2) is 8.64. The van der Waals surface area contributed by atoms with Gasteiger partial charge in [-0.2, -0.15) is 0 Å². The third kappa shape index (κ3) is 4.42. The molecule has 2 unspecified atom stereocenters. The number of nitrogens with zero attached hydrogens (tertiary/aromatic N) is 1. The van der Waals surface area contributed by atoms with Crippen molar-refractivity contribution >= 4 is 16.9 Å².